The Balaban J connectivity index is 2.01. The standard InChI is InChI=1S/C20H33N3O2/c1-5-21-19(22-15-20(24-4)11-13-25-14-12-20)23-17(3)16(2)18-9-7-6-8-10-18/h6-10,16-17H,5,11-15H2,1-4H3,(H2,21,22,23). The fourth-order valence-electron chi connectivity index (χ4n) is 3.10. The van der Waals surface area contributed by atoms with Crippen LogP contribution in [0, 0.1) is 0 Å². The number of ether oxygens (including phenoxy) is 2. The van der Waals surface area contributed by atoms with Crippen LogP contribution in [0.15, 0.2) is 35.3 Å². The fourth-order valence-corrected chi connectivity index (χ4v) is 3.10. The first kappa shape index (κ1) is 19.7. The number of guanidine groups is 1. The summed E-state index contributed by atoms with van der Waals surface area (Å²) < 4.78 is 11.3. The van der Waals surface area contributed by atoms with E-state index in [0.717, 1.165) is 38.6 Å². The van der Waals surface area contributed by atoms with Crippen LogP contribution in [0.1, 0.15) is 45.1 Å². The third kappa shape index (κ3) is 5.72. The van der Waals surface area contributed by atoms with Gasteiger partial charge in [0.2, 0.25) is 0 Å². The van der Waals surface area contributed by atoms with Gasteiger partial charge in [0.1, 0.15) is 0 Å². The Morgan fingerprint density at radius 1 is 1.24 bits per heavy atom. The van der Waals surface area contributed by atoms with Crippen LogP contribution in [-0.4, -0.2) is 51.0 Å². The van der Waals surface area contributed by atoms with Gasteiger partial charge >= 0.3 is 0 Å². The van der Waals surface area contributed by atoms with Gasteiger partial charge in [-0.2, -0.15) is 0 Å². The topological polar surface area (TPSA) is 54.9 Å². The molecule has 2 atom stereocenters. The molecular weight excluding hydrogens is 314 g/mol. The molecule has 1 heterocycles. The van der Waals surface area contributed by atoms with Crippen LogP contribution in [-0.2, 0) is 9.47 Å². The summed E-state index contributed by atoms with van der Waals surface area (Å²) in [5.74, 6) is 1.24. The van der Waals surface area contributed by atoms with Crippen molar-refractivity contribution in [2.24, 2.45) is 4.99 Å². The van der Waals surface area contributed by atoms with Crippen LogP contribution in [0.2, 0.25) is 0 Å². The molecule has 0 aliphatic carbocycles. The summed E-state index contributed by atoms with van der Waals surface area (Å²) in [5, 5.41) is 6.90. The van der Waals surface area contributed by atoms with Crippen LogP contribution in [0.25, 0.3) is 0 Å². The van der Waals surface area contributed by atoms with Gasteiger partial charge in [-0.1, -0.05) is 37.3 Å². The Labute approximate surface area is 152 Å². The first-order valence-corrected chi connectivity index (χ1v) is 9.33. The van der Waals surface area contributed by atoms with Crippen LogP contribution in [0.5, 0.6) is 0 Å². The molecule has 5 heteroatoms. The van der Waals surface area contributed by atoms with Gasteiger partial charge in [-0.15, -0.1) is 0 Å². The van der Waals surface area contributed by atoms with E-state index >= 15 is 0 Å². The molecule has 1 saturated heterocycles. The van der Waals surface area contributed by atoms with Gasteiger partial charge < -0.3 is 20.1 Å². The summed E-state index contributed by atoms with van der Waals surface area (Å²) in [6, 6.07) is 10.9. The smallest absolute Gasteiger partial charge is 0.191 e. The Morgan fingerprint density at radius 3 is 2.52 bits per heavy atom. The SMILES string of the molecule is CCNC(=NCC1(OC)CCOCC1)NC(C)C(C)c1ccccc1. The van der Waals surface area contributed by atoms with Gasteiger partial charge in [-0.05, 0) is 19.4 Å². The third-order valence-corrected chi connectivity index (χ3v) is 5.15. The maximum Gasteiger partial charge on any atom is 0.191 e. The molecule has 1 aliphatic heterocycles. The average Bonchev–Trinajstić information content (AvgIpc) is 2.67. The lowest BCUT2D eigenvalue weighted by atomic mass is 9.94. The molecular formula is C20H33N3O2. The Kier molecular flexibility index (Phi) is 7.72. The van der Waals surface area contributed by atoms with Gasteiger partial charge in [0.15, 0.2) is 5.96 Å². The largest absolute Gasteiger partial charge is 0.381 e. The molecule has 140 valence electrons. The summed E-state index contributed by atoms with van der Waals surface area (Å²) in [6.45, 7) is 9.50. The zero-order chi connectivity index (χ0) is 18.1. The fraction of sp³-hybridized carbons (Fsp3) is 0.650. The van der Waals surface area contributed by atoms with Gasteiger partial charge in [0.05, 0.1) is 12.1 Å². The number of aliphatic imine (C=N–C) groups is 1. The Bertz CT molecular complexity index is 527. The van der Waals surface area contributed by atoms with Crippen molar-refractivity contribution in [1.29, 1.82) is 0 Å². The van der Waals surface area contributed by atoms with Gasteiger partial charge in [0, 0.05) is 51.7 Å². The minimum atomic E-state index is -0.200. The van der Waals surface area contributed by atoms with Gasteiger partial charge in [-0.25, -0.2) is 0 Å². The van der Waals surface area contributed by atoms with Crippen LogP contribution in [0.4, 0.5) is 0 Å². The monoisotopic (exact) mass is 347 g/mol. The minimum absolute atomic E-state index is 0.200. The highest BCUT2D eigenvalue weighted by molar-refractivity contribution is 5.80. The van der Waals surface area contributed by atoms with Gasteiger partial charge in [-0.3, -0.25) is 4.99 Å². The quantitative estimate of drug-likeness (QED) is 0.588. The van der Waals surface area contributed by atoms with Crippen molar-refractivity contribution in [3.8, 4) is 0 Å². The summed E-state index contributed by atoms with van der Waals surface area (Å²) in [7, 11) is 1.78. The predicted octanol–water partition coefficient (Wildman–Crippen LogP) is 2.93. The molecule has 1 aromatic carbocycles. The highest BCUT2D eigenvalue weighted by Crippen LogP contribution is 2.25. The summed E-state index contributed by atoms with van der Waals surface area (Å²) in [5.41, 5.74) is 1.13. The van der Waals surface area contributed by atoms with E-state index in [-0.39, 0.29) is 11.6 Å². The van der Waals surface area contributed by atoms with Gasteiger partial charge in [0.25, 0.3) is 0 Å². The maximum atomic E-state index is 5.79. The van der Waals surface area contributed by atoms with E-state index in [1.165, 1.54) is 5.56 Å². The van der Waals surface area contributed by atoms with Crippen molar-refractivity contribution in [1.82, 2.24) is 10.6 Å². The summed E-state index contributed by atoms with van der Waals surface area (Å²) in [4.78, 5) is 4.81. The molecule has 2 unspecified atom stereocenters. The summed E-state index contributed by atoms with van der Waals surface area (Å²) >= 11 is 0. The molecule has 0 bridgehead atoms. The van der Waals surface area contributed by atoms with Crippen molar-refractivity contribution >= 4 is 5.96 Å². The Hall–Kier alpha value is -1.59. The van der Waals surface area contributed by atoms with Crippen molar-refractivity contribution < 1.29 is 9.47 Å². The lowest BCUT2D eigenvalue weighted by Gasteiger charge is -2.34. The lowest BCUT2D eigenvalue weighted by Crippen LogP contribution is -2.46. The van der Waals surface area contributed by atoms with E-state index in [1.54, 1.807) is 7.11 Å². The molecule has 1 aliphatic rings. The summed E-state index contributed by atoms with van der Waals surface area (Å²) in [6.07, 6.45) is 1.78. The molecule has 25 heavy (non-hydrogen) atoms. The molecule has 5 nitrogen and oxygen atoms in total. The first-order chi connectivity index (χ1) is 12.1. The Morgan fingerprint density at radius 2 is 1.92 bits per heavy atom. The molecule has 0 spiro atoms. The molecule has 0 amide bonds. The van der Waals surface area contributed by atoms with E-state index in [1.807, 2.05) is 0 Å². The van der Waals surface area contributed by atoms with E-state index in [9.17, 15) is 0 Å². The second-order valence-electron chi connectivity index (χ2n) is 6.83. The van der Waals surface area contributed by atoms with Crippen molar-refractivity contribution in [3.63, 3.8) is 0 Å². The first-order valence-electron chi connectivity index (χ1n) is 9.33. The van der Waals surface area contributed by atoms with Crippen LogP contribution in [0.3, 0.4) is 0 Å². The predicted molar refractivity (Wildman–Crippen MR) is 103 cm³/mol. The molecule has 1 fully saturated rings. The van der Waals surface area contributed by atoms with Crippen LogP contribution >= 0.6 is 0 Å². The van der Waals surface area contributed by atoms with Crippen molar-refractivity contribution in [2.45, 2.75) is 51.2 Å². The van der Waals surface area contributed by atoms with E-state index in [2.05, 4.69) is 61.7 Å². The normalized spacial score (nSPS) is 19.9. The highest BCUT2D eigenvalue weighted by atomic mass is 16.5. The molecule has 0 saturated carbocycles. The zero-order valence-corrected chi connectivity index (χ0v) is 16.0. The van der Waals surface area contributed by atoms with Crippen LogP contribution < -0.4 is 10.6 Å². The number of methoxy groups -OCH3 is 1. The third-order valence-electron chi connectivity index (χ3n) is 5.15. The second kappa shape index (κ2) is 9.78. The van der Waals surface area contributed by atoms with E-state index in [0.29, 0.717) is 12.5 Å². The minimum Gasteiger partial charge on any atom is -0.381 e. The maximum absolute atomic E-state index is 5.79. The number of benzene rings is 1. The van der Waals surface area contributed by atoms with Crippen molar-refractivity contribution in [3.05, 3.63) is 35.9 Å². The molecule has 2 rings (SSSR count). The number of hydrogen-bond donors (Lipinski definition) is 2. The molecule has 0 radical (unpaired) electrons. The van der Waals surface area contributed by atoms with E-state index < -0.39 is 0 Å². The number of nitrogens with zero attached hydrogens (tertiary/aromatic N) is 1. The van der Waals surface area contributed by atoms with Crippen molar-refractivity contribution in [2.75, 3.05) is 33.4 Å². The van der Waals surface area contributed by atoms with E-state index in [4.69, 9.17) is 14.5 Å². The number of rotatable bonds is 7. The second-order valence-corrected chi connectivity index (χ2v) is 6.83. The number of nitrogens with one attached hydrogen (secondary N) is 2. The average molecular weight is 348 g/mol. The number of hydrogen-bond acceptors (Lipinski definition) is 3. The zero-order valence-electron chi connectivity index (χ0n) is 16.0. The molecule has 1 aromatic rings. The molecule has 0 aromatic heterocycles. The lowest BCUT2D eigenvalue weighted by molar-refractivity contribution is -0.0828. The highest BCUT2D eigenvalue weighted by Gasteiger charge is 2.32. The molecule has 2 N–H and O–H groups in total.